The van der Waals surface area contributed by atoms with Gasteiger partial charge < -0.3 is 4.74 Å². The zero-order valence-electron chi connectivity index (χ0n) is 11.5. The molecule has 106 valence electrons. The number of hydrogen-bond acceptors (Lipinski definition) is 3. The maximum absolute atomic E-state index is 13.0. The van der Waals surface area contributed by atoms with Crippen LogP contribution in [0.2, 0.25) is 0 Å². The van der Waals surface area contributed by atoms with E-state index in [0.717, 1.165) is 0 Å². The molecular formula is C17H14FNO2. The summed E-state index contributed by atoms with van der Waals surface area (Å²) in [6.07, 6.45) is 0. The summed E-state index contributed by atoms with van der Waals surface area (Å²) in [6.45, 7) is 2.25. The van der Waals surface area contributed by atoms with Crippen LogP contribution in [-0.2, 0) is 0 Å². The third-order valence-electron chi connectivity index (χ3n) is 3.05. The van der Waals surface area contributed by atoms with Crippen LogP contribution >= 0.6 is 0 Å². The first-order chi connectivity index (χ1) is 10.2. The Hall–Kier alpha value is -2.67. The first-order valence-corrected chi connectivity index (χ1v) is 6.58. The highest BCUT2D eigenvalue weighted by atomic mass is 19.1. The number of nitriles is 1. The van der Waals surface area contributed by atoms with Crippen LogP contribution in [-0.4, -0.2) is 12.4 Å². The number of carbonyl (C=O) groups excluding carboxylic acids is 1. The van der Waals surface area contributed by atoms with Gasteiger partial charge in [-0.1, -0.05) is 24.3 Å². The zero-order valence-corrected chi connectivity index (χ0v) is 11.5. The molecule has 0 aliphatic rings. The van der Waals surface area contributed by atoms with Crippen molar-refractivity contribution in [3.63, 3.8) is 0 Å². The lowest BCUT2D eigenvalue weighted by atomic mass is 9.91. The largest absolute Gasteiger partial charge is 0.493 e. The molecule has 2 aromatic carbocycles. The third kappa shape index (κ3) is 3.26. The van der Waals surface area contributed by atoms with Gasteiger partial charge in [0.25, 0.3) is 0 Å². The molecule has 21 heavy (non-hydrogen) atoms. The highest BCUT2D eigenvalue weighted by molar-refractivity contribution is 6.04. The molecule has 0 fully saturated rings. The number of para-hydroxylation sites is 1. The van der Waals surface area contributed by atoms with Crippen molar-refractivity contribution in [2.24, 2.45) is 0 Å². The van der Waals surface area contributed by atoms with E-state index in [1.807, 2.05) is 13.0 Å². The van der Waals surface area contributed by atoms with E-state index in [2.05, 4.69) is 0 Å². The molecule has 0 aromatic heterocycles. The molecule has 4 heteroatoms. The number of carbonyl (C=O) groups is 1. The molecule has 0 radical (unpaired) electrons. The van der Waals surface area contributed by atoms with Gasteiger partial charge in [-0.3, -0.25) is 4.79 Å². The number of ketones is 1. The van der Waals surface area contributed by atoms with Crippen LogP contribution < -0.4 is 4.74 Å². The molecule has 0 N–H and O–H groups in total. The topological polar surface area (TPSA) is 50.1 Å². The maximum Gasteiger partial charge on any atom is 0.188 e. The summed E-state index contributed by atoms with van der Waals surface area (Å²) in [5.41, 5.74) is 0.824. The molecule has 0 aliphatic heterocycles. The average molecular weight is 283 g/mol. The van der Waals surface area contributed by atoms with Crippen molar-refractivity contribution in [1.82, 2.24) is 0 Å². The molecule has 2 aromatic rings. The van der Waals surface area contributed by atoms with E-state index in [4.69, 9.17) is 4.74 Å². The summed E-state index contributed by atoms with van der Waals surface area (Å²) >= 11 is 0. The fourth-order valence-electron chi connectivity index (χ4n) is 2.05. The van der Waals surface area contributed by atoms with E-state index in [9.17, 15) is 14.4 Å². The van der Waals surface area contributed by atoms with Crippen LogP contribution in [0.1, 0.15) is 28.8 Å². The second-order valence-corrected chi connectivity index (χ2v) is 4.41. The molecule has 1 unspecified atom stereocenters. The Kier molecular flexibility index (Phi) is 4.68. The van der Waals surface area contributed by atoms with E-state index >= 15 is 0 Å². The van der Waals surface area contributed by atoms with Gasteiger partial charge >= 0.3 is 0 Å². The van der Waals surface area contributed by atoms with Crippen molar-refractivity contribution >= 4 is 5.78 Å². The minimum Gasteiger partial charge on any atom is -0.493 e. The third-order valence-corrected chi connectivity index (χ3v) is 3.05. The summed E-state index contributed by atoms with van der Waals surface area (Å²) in [4.78, 5) is 12.6. The van der Waals surface area contributed by atoms with Crippen LogP contribution in [0, 0.1) is 17.1 Å². The van der Waals surface area contributed by atoms with Crippen LogP contribution in [0.4, 0.5) is 4.39 Å². The van der Waals surface area contributed by atoms with Gasteiger partial charge in [0.2, 0.25) is 0 Å². The number of nitrogens with zero attached hydrogens (tertiary/aromatic N) is 1. The molecule has 0 aliphatic carbocycles. The lowest BCUT2D eigenvalue weighted by Gasteiger charge is -2.12. The van der Waals surface area contributed by atoms with E-state index in [1.54, 1.807) is 24.3 Å². The standard InChI is InChI=1S/C17H14FNO2/c1-2-21-16-6-4-3-5-14(16)17(20)15(11-19)12-7-9-13(18)10-8-12/h3-10,15H,2H2,1H3. The van der Waals surface area contributed by atoms with Crippen molar-refractivity contribution in [2.45, 2.75) is 12.8 Å². The Morgan fingerprint density at radius 3 is 2.52 bits per heavy atom. The average Bonchev–Trinajstić information content (AvgIpc) is 2.50. The minimum atomic E-state index is -0.979. The van der Waals surface area contributed by atoms with E-state index in [-0.39, 0.29) is 5.78 Å². The second kappa shape index (κ2) is 6.67. The number of Topliss-reactive ketones (excluding diaryl/α,β-unsaturated/α-hetero) is 1. The molecule has 0 saturated heterocycles. The van der Waals surface area contributed by atoms with Gasteiger partial charge in [0, 0.05) is 0 Å². The Labute approximate surface area is 122 Å². The fraction of sp³-hybridized carbons (Fsp3) is 0.176. The highest BCUT2D eigenvalue weighted by Gasteiger charge is 2.24. The molecule has 3 nitrogen and oxygen atoms in total. The highest BCUT2D eigenvalue weighted by Crippen LogP contribution is 2.26. The summed E-state index contributed by atoms with van der Waals surface area (Å²) < 4.78 is 18.4. The molecule has 0 spiro atoms. The van der Waals surface area contributed by atoms with Crippen molar-refractivity contribution in [1.29, 1.82) is 5.26 Å². The van der Waals surface area contributed by atoms with Crippen molar-refractivity contribution in [3.8, 4) is 11.8 Å². The predicted octanol–water partition coefficient (Wildman–Crippen LogP) is 3.71. The van der Waals surface area contributed by atoms with Gasteiger partial charge in [0.1, 0.15) is 17.5 Å². The summed E-state index contributed by atoms with van der Waals surface area (Å²) in [5, 5.41) is 9.30. The molecule has 0 bridgehead atoms. The summed E-state index contributed by atoms with van der Waals surface area (Å²) in [5.74, 6) is -1.29. The van der Waals surface area contributed by atoms with Crippen LogP contribution in [0.3, 0.4) is 0 Å². The lowest BCUT2D eigenvalue weighted by molar-refractivity contribution is 0.0975. The van der Waals surface area contributed by atoms with Gasteiger partial charge in [0.05, 0.1) is 18.2 Å². The Balaban J connectivity index is 2.37. The Morgan fingerprint density at radius 1 is 1.24 bits per heavy atom. The quantitative estimate of drug-likeness (QED) is 0.786. The summed E-state index contributed by atoms with van der Waals surface area (Å²) in [7, 11) is 0. The van der Waals surface area contributed by atoms with Gasteiger partial charge in [-0.15, -0.1) is 0 Å². The van der Waals surface area contributed by atoms with E-state index < -0.39 is 11.7 Å². The lowest BCUT2D eigenvalue weighted by Crippen LogP contribution is -2.13. The van der Waals surface area contributed by atoms with Gasteiger partial charge in [0.15, 0.2) is 5.78 Å². The van der Waals surface area contributed by atoms with Crippen LogP contribution in [0.25, 0.3) is 0 Å². The second-order valence-electron chi connectivity index (χ2n) is 4.41. The van der Waals surface area contributed by atoms with Crippen molar-refractivity contribution in [3.05, 3.63) is 65.5 Å². The zero-order chi connectivity index (χ0) is 15.2. The number of ether oxygens (including phenoxy) is 1. The van der Waals surface area contributed by atoms with Crippen LogP contribution in [0.15, 0.2) is 48.5 Å². The predicted molar refractivity (Wildman–Crippen MR) is 76.7 cm³/mol. The first-order valence-electron chi connectivity index (χ1n) is 6.58. The van der Waals surface area contributed by atoms with Crippen molar-refractivity contribution < 1.29 is 13.9 Å². The Morgan fingerprint density at radius 2 is 1.90 bits per heavy atom. The first kappa shape index (κ1) is 14.7. The monoisotopic (exact) mass is 283 g/mol. The van der Waals surface area contributed by atoms with E-state index in [0.29, 0.717) is 23.5 Å². The molecular weight excluding hydrogens is 269 g/mol. The Bertz CT molecular complexity index is 674. The number of hydrogen-bond donors (Lipinski definition) is 0. The van der Waals surface area contributed by atoms with Crippen molar-refractivity contribution in [2.75, 3.05) is 6.61 Å². The SMILES string of the molecule is CCOc1ccccc1C(=O)C(C#N)c1ccc(F)cc1. The minimum absolute atomic E-state index is 0.354. The molecule has 0 amide bonds. The molecule has 1 atom stereocenters. The maximum atomic E-state index is 13.0. The van der Waals surface area contributed by atoms with E-state index in [1.165, 1.54) is 24.3 Å². The van der Waals surface area contributed by atoms with Crippen LogP contribution in [0.5, 0.6) is 5.75 Å². The number of benzene rings is 2. The molecule has 0 heterocycles. The normalized spacial score (nSPS) is 11.5. The van der Waals surface area contributed by atoms with Gasteiger partial charge in [-0.05, 0) is 36.8 Å². The molecule has 0 saturated carbocycles. The van der Waals surface area contributed by atoms with Gasteiger partial charge in [-0.25, -0.2) is 4.39 Å². The van der Waals surface area contributed by atoms with Gasteiger partial charge in [-0.2, -0.15) is 5.26 Å². The molecule has 2 rings (SSSR count). The smallest absolute Gasteiger partial charge is 0.188 e. The fourth-order valence-corrected chi connectivity index (χ4v) is 2.05. The number of rotatable bonds is 5. The summed E-state index contributed by atoms with van der Waals surface area (Å²) in [6, 6.07) is 14.1. The number of halogens is 1.